The molecular formula is C17H23FO2. The van der Waals surface area contributed by atoms with Gasteiger partial charge in [-0.05, 0) is 49.1 Å². The van der Waals surface area contributed by atoms with E-state index in [1.807, 2.05) is 0 Å². The Morgan fingerprint density at radius 2 is 2.05 bits per heavy atom. The van der Waals surface area contributed by atoms with Crippen LogP contribution in [-0.4, -0.2) is 12.1 Å². The zero-order valence-electron chi connectivity index (χ0n) is 12.7. The van der Waals surface area contributed by atoms with E-state index in [4.69, 9.17) is 4.74 Å². The molecule has 3 heteroatoms. The van der Waals surface area contributed by atoms with Crippen molar-refractivity contribution >= 4 is 5.97 Å². The summed E-state index contributed by atoms with van der Waals surface area (Å²) >= 11 is 0. The molecule has 110 valence electrons. The second-order valence-electron chi connectivity index (χ2n) is 6.88. The molecule has 1 aromatic rings. The summed E-state index contributed by atoms with van der Waals surface area (Å²) in [6, 6.07) is 4.82. The van der Waals surface area contributed by atoms with Gasteiger partial charge in [0.15, 0.2) is 0 Å². The Labute approximate surface area is 120 Å². The number of hydrogen-bond acceptors (Lipinski definition) is 2. The molecule has 0 saturated heterocycles. The van der Waals surface area contributed by atoms with Gasteiger partial charge in [-0.3, -0.25) is 0 Å². The Hall–Kier alpha value is -1.38. The molecule has 20 heavy (non-hydrogen) atoms. The topological polar surface area (TPSA) is 26.3 Å². The lowest BCUT2D eigenvalue weighted by Gasteiger charge is -2.38. The smallest absolute Gasteiger partial charge is 0.341 e. The van der Waals surface area contributed by atoms with Crippen LogP contribution in [0.4, 0.5) is 4.39 Å². The molecule has 2 atom stereocenters. The first-order valence-electron chi connectivity index (χ1n) is 7.24. The highest BCUT2D eigenvalue weighted by molar-refractivity contribution is 5.90. The average Bonchev–Trinajstić information content (AvgIpc) is 2.29. The molecule has 0 amide bonds. The molecule has 2 unspecified atom stereocenters. The summed E-state index contributed by atoms with van der Waals surface area (Å²) in [6.45, 7) is 8.21. The van der Waals surface area contributed by atoms with Crippen LogP contribution in [0.2, 0.25) is 0 Å². The van der Waals surface area contributed by atoms with Gasteiger partial charge in [0.25, 0.3) is 0 Å². The van der Waals surface area contributed by atoms with Crippen LogP contribution in [0, 0.1) is 24.1 Å². The van der Waals surface area contributed by atoms with E-state index in [0.717, 1.165) is 19.3 Å². The third-order valence-corrected chi connectivity index (χ3v) is 4.03. The van der Waals surface area contributed by atoms with Crippen molar-refractivity contribution in [1.82, 2.24) is 0 Å². The van der Waals surface area contributed by atoms with Crippen LogP contribution in [0.25, 0.3) is 0 Å². The largest absolute Gasteiger partial charge is 0.459 e. The first kappa shape index (κ1) is 15.0. The van der Waals surface area contributed by atoms with Crippen molar-refractivity contribution in [3.8, 4) is 0 Å². The molecular weight excluding hydrogens is 255 g/mol. The van der Waals surface area contributed by atoms with Crippen LogP contribution in [0.15, 0.2) is 18.2 Å². The summed E-state index contributed by atoms with van der Waals surface area (Å²) in [5, 5.41) is 0. The minimum atomic E-state index is -0.541. The Morgan fingerprint density at radius 3 is 2.70 bits per heavy atom. The van der Waals surface area contributed by atoms with E-state index >= 15 is 0 Å². The lowest BCUT2D eigenvalue weighted by molar-refractivity contribution is -0.00752. The van der Waals surface area contributed by atoms with Crippen molar-refractivity contribution in [2.24, 2.45) is 11.3 Å². The fraction of sp³-hybridized carbons (Fsp3) is 0.588. The number of carbonyl (C=O) groups excluding carboxylic acids is 1. The Kier molecular flexibility index (Phi) is 4.17. The summed E-state index contributed by atoms with van der Waals surface area (Å²) < 4.78 is 19.5. The van der Waals surface area contributed by atoms with E-state index in [-0.39, 0.29) is 17.1 Å². The normalized spacial score (nSPS) is 25.2. The van der Waals surface area contributed by atoms with Gasteiger partial charge in [0.05, 0.1) is 5.56 Å². The molecule has 0 N–H and O–H groups in total. The van der Waals surface area contributed by atoms with E-state index in [2.05, 4.69) is 20.8 Å². The van der Waals surface area contributed by atoms with Crippen molar-refractivity contribution in [3.05, 3.63) is 35.1 Å². The number of esters is 1. The van der Waals surface area contributed by atoms with E-state index in [0.29, 0.717) is 11.5 Å². The molecule has 0 aliphatic heterocycles. The van der Waals surface area contributed by atoms with Crippen LogP contribution >= 0.6 is 0 Å². The molecule has 1 saturated carbocycles. The molecule has 0 aromatic heterocycles. The maximum atomic E-state index is 13.9. The highest BCUT2D eigenvalue weighted by Crippen LogP contribution is 2.39. The average molecular weight is 278 g/mol. The molecule has 0 heterocycles. The van der Waals surface area contributed by atoms with E-state index in [9.17, 15) is 9.18 Å². The fourth-order valence-electron chi connectivity index (χ4n) is 3.37. The van der Waals surface area contributed by atoms with Gasteiger partial charge in [-0.15, -0.1) is 0 Å². The standard InChI is InChI=1S/C17H23FO2/c1-11-8-13(10-17(3,4)9-11)20-16(19)14-7-5-6-12(2)15(14)18/h5-7,11,13H,8-10H2,1-4H3. The summed E-state index contributed by atoms with van der Waals surface area (Å²) in [5.41, 5.74) is 0.686. The number of aryl methyl sites for hydroxylation is 1. The second-order valence-corrected chi connectivity index (χ2v) is 6.88. The number of ether oxygens (including phenoxy) is 1. The number of carbonyl (C=O) groups is 1. The van der Waals surface area contributed by atoms with E-state index in [1.54, 1.807) is 19.1 Å². The van der Waals surface area contributed by atoms with Gasteiger partial charge in [-0.2, -0.15) is 0 Å². The second kappa shape index (κ2) is 5.55. The summed E-state index contributed by atoms with van der Waals surface area (Å²) in [7, 11) is 0. The number of hydrogen-bond donors (Lipinski definition) is 0. The molecule has 0 spiro atoms. The van der Waals surface area contributed by atoms with Gasteiger partial charge in [-0.25, -0.2) is 9.18 Å². The van der Waals surface area contributed by atoms with Gasteiger partial charge < -0.3 is 4.74 Å². The predicted molar refractivity (Wildman–Crippen MR) is 77.1 cm³/mol. The van der Waals surface area contributed by atoms with Crippen molar-refractivity contribution in [1.29, 1.82) is 0 Å². The SMILES string of the molecule is Cc1cccc(C(=O)OC2CC(C)CC(C)(C)C2)c1F. The van der Waals surface area contributed by atoms with Crippen LogP contribution in [0.1, 0.15) is 56.0 Å². The minimum Gasteiger partial charge on any atom is -0.459 e. The lowest BCUT2D eigenvalue weighted by Crippen LogP contribution is -2.34. The summed E-state index contributed by atoms with van der Waals surface area (Å²) in [5.74, 6) is -0.486. The van der Waals surface area contributed by atoms with Gasteiger partial charge in [-0.1, -0.05) is 32.9 Å². The Morgan fingerprint density at radius 1 is 1.35 bits per heavy atom. The first-order valence-corrected chi connectivity index (χ1v) is 7.24. The highest BCUT2D eigenvalue weighted by atomic mass is 19.1. The van der Waals surface area contributed by atoms with Crippen LogP contribution < -0.4 is 0 Å². The van der Waals surface area contributed by atoms with Crippen LogP contribution in [0.5, 0.6) is 0 Å². The Bertz CT molecular complexity index is 508. The predicted octanol–water partition coefficient (Wildman–Crippen LogP) is 4.51. The van der Waals surface area contributed by atoms with Gasteiger partial charge in [0, 0.05) is 0 Å². The maximum Gasteiger partial charge on any atom is 0.341 e. The third kappa shape index (κ3) is 3.38. The lowest BCUT2D eigenvalue weighted by atomic mass is 9.71. The number of halogens is 1. The Balaban J connectivity index is 2.10. The molecule has 1 aliphatic rings. The quantitative estimate of drug-likeness (QED) is 0.744. The monoisotopic (exact) mass is 278 g/mol. The van der Waals surface area contributed by atoms with Crippen molar-refractivity contribution in [2.75, 3.05) is 0 Å². The molecule has 0 bridgehead atoms. The van der Waals surface area contributed by atoms with E-state index in [1.165, 1.54) is 6.07 Å². The van der Waals surface area contributed by atoms with Gasteiger partial charge in [0.2, 0.25) is 0 Å². The van der Waals surface area contributed by atoms with Crippen molar-refractivity contribution in [2.45, 2.75) is 53.1 Å². The number of benzene rings is 1. The molecule has 0 radical (unpaired) electrons. The minimum absolute atomic E-state index is 0.0426. The van der Waals surface area contributed by atoms with Crippen LogP contribution in [-0.2, 0) is 4.74 Å². The zero-order chi connectivity index (χ0) is 14.9. The summed E-state index contributed by atoms with van der Waals surface area (Å²) in [6.07, 6.45) is 2.74. The van der Waals surface area contributed by atoms with Gasteiger partial charge >= 0.3 is 5.97 Å². The summed E-state index contributed by atoms with van der Waals surface area (Å²) in [4.78, 5) is 12.1. The number of rotatable bonds is 2. The molecule has 1 aliphatic carbocycles. The van der Waals surface area contributed by atoms with E-state index < -0.39 is 11.8 Å². The zero-order valence-corrected chi connectivity index (χ0v) is 12.7. The molecule has 1 fully saturated rings. The third-order valence-electron chi connectivity index (χ3n) is 4.03. The fourth-order valence-corrected chi connectivity index (χ4v) is 3.37. The van der Waals surface area contributed by atoms with Crippen molar-refractivity contribution < 1.29 is 13.9 Å². The maximum absolute atomic E-state index is 13.9. The first-order chi connectivity index (χ1) is 9.28. The highest BCUT2D eigenvalue weighted by Gasteiger charge is 2.34. The molecule has 1 aromatic carbocycles. The molecule has 2 rings (SSSR count). The van der Waals surface area contributed by atoms with Gasteiger partial charge in [0.1, 0.15) is 11.9 Å². The molecule has 2 nitrogen and oxygen atoms in total. The van der Waals surface area contributed by atoms with Crippen molar-refractivity contribution in [3.63, 3.8) is 0 Å². The van der Waals surface area contributed by atoms with Crippen LogP contribution in [0.3, 0.4) is 0 Å².